The second kappa shape index (κ2) is 7.75. The molecule has 4 rings (SSSR count). The van der Waals surface area contributed by atoms with E-state index in [0.29, 0.717) is 40.9 Å². The van der Waals surface area contributed by atoms with E-state index in [1.807, 2.05) is 0 Å². The maximum absolute atomic E-state index is 14.4. The average Bonchev–Trinajstić information content (AvgIpc) is 3.04. The maximum atomic E-state index is 14.4. The summed E-state index contributed by atoms with van der Waals surface area (Å²) < 4.78 is 37.7. The molecular formula is C19H21ClFN5O3S. The Morgan fingerprint density at radius 3 is 2.97 bits per heavy atom. The molecule has 0 spiro atoms. The van der Waals surface area contributed by atoms with Gasteiger partial charge in [-0.15, -0.1) is 0 Å². The zero-order valence-corrected chi connectivity index (χ0v) is 17.8. The van der Waals surface area contributed by atoms with Gasteiger partial charge in [-0.25, -0.2) is 27.8 Å². The van der Waals surface area contributed by atoms with Crippen molar-refractivity contribution >= 4 is 38.3 Å². The van der Waals surface area contributed by atoms with Gasteiger partial charge in [-0.1, -0.05) is 11.6 Å². The number of hydrogen-bond donors (Lipinski definition) is 3. The van der Waals surface area contributed by atoms with Crippen LogP contribution in [0.5, 0.6) is 0 Å². The van der Waals surface area contributed by atoms with Crippen LogP contribution in [0.25, 0.3) is 22.4 Å². The lowest BCUT2D eigenvalue weighted by Crippen LogP contribution is -2.45. The quantitative estimate of drug-likeness (QED) is 0.543. The summed E-state index contributed by atoms with van der Waals surface area (Å²) in [7, 11) is -3.34. The lowest BCUT2D eigenvalue weighted by Gasteiger charge is -2.36. The predicted octanol–water partition coefficient (Wildman–Crippen LogP) is 2.94. The number of anilines is 1. The van der Waals surface area contributed by atoms with Gasteiger partial charge in [0.2, 0.25) is 0 Å². The summed E-state index contributed by atoms with van der Waals surface area (Å²) in [6.07, 6.45) is 7.23. The van der Waals surface area contributed by atoms with Crippen LogP contribution in [0.15, 0.2) is 24.7 Å². The second-order valence-corrected chi connectivity index (χ2v) is 10.5. The molecule has 0 radical (unpaired) electrons. The van der Waals surface area contributed by atoms with Gasteiger partial charge in [0.25, 0.3) is 0 Å². The molecule has 3 aromatic rings. The molecule has 0 aliphatic heterocycles. The summed E-state index contributed by atoms with van der Waals surface area (Å²) in [5.41, 5.74) is -0.107. The van der Waals surface area contributed by atoms with Crippen molar-refractivity contribution in [2.24, 2.45) is 0 Å². The minimum absolute atomic E-state index is 0.00190. The van der Waals surface area contributed by atoms with Crippen LogP contribution in [0.4, 0.5) is 10.2 Å². The van der Waals surface area contributed by atoms with Gasteiger partial charge in [-0.2, -0.15) is 0 Å². The standard InChI is InChI=1S/C19H21ClFN5O3S/c1-30(28,29)10-19(27)4-2-3-12(6-19)25-18-15(21)9-24-17(26-18)14-8-23-16-13(14)5-11(20)7-22-16/h5,7-9,12,27H,2-4,6,10H2,1H3,(H,22,23)(H,24,25,26)/t12-,19?/m1/s1. The molecule has 1 saturated carbocycles. The topological polar surface area (TPSA) is 121 Å². The predicted molar refractivity (Wildman–Crippen MR) is 113 cm³/mol. The minimum Gasteiger partial charge on any atom is -0.389 e. The number of aromatic amines is 1. The van der Waals surface area contributed by atoms with Crippen molar-refractivity contribution in [3.63, 3.8) is 0 Å². The first-order valence-corrected chi connectivity index (χ1v) is 11.9. The van der Waals surface area contributed by atoms with Crippen molar-refractivity contribution in [3.05, 3.63) is 35.5 Å². The average molecular weight is 454 g/mol. The lowest BCUT2D eigenvalue weighted by atomic mass is 9.83. The molecule has 8 nitrogen and oxygen atoms in total. The summed E-state index contributed by atoms with van der Waals surface area (Å²) >= 11 is 6.04. The molecule has 1 aliphatic carbocycles. The summed E-state index contributed by atoms with van der Waals surface area (Å²) in [5.74, 6) is -0.667. The molecule has 1 fully saturated rings. The molecule has 1 aliphatic rings. The number of H-pyrrole nitrogens is 1. The number of nitrogens with one attached hydrogen (secondary N) is 2. The van der Waals surface area contributed by atoms with E-state index in [4.69, 9.17) is 11.6 Å². The number of aliphatic hydroxyl groups is 1. The van der Waals surface area contributed by atoms with E-state index in [0.717, 1.165) is 12.5 Å². The van der Waals surface area contributed by atoms with Crippen molar-refractivity contribution in [1.82, 2.24) is 19.9 Å². The second-order valence-electron chi connectivity index (χ2n) is 7.87. The molecule has 30 heavy (non-hydrogen) atoms. The molecule has 1 unspecified atom stereocenters. The van der Waals surface area contributed by atoms with Crippen molar-refractivity contribution in [2.75, 3.05) is 17.3 Å². The van der Waals surface area contributed by atoms with E-state index in [9.17, 15) is 17.9 Å². The molecule has 11 heteroatoms. The molecule has 160 valence electrons. The fourth-order valence-corrected chi connectivity index (χ4v) is 5.43. The summed E-state index contributed by atoms with van der Waals surface area (Å²) in [6, 6.07) is 1.41. The molecule has 3 N–H and O–H groups in total. The Kier molecular flexibility index (Phi) is 5.41. The number of hydrogen-bond acceptors (Lipinski definition) is 7. The van der Waals surface area contributed by atoms with Gasteiger partial charge in [0.1, 0.15) is 15.5 Å². The Morgan fingerprint density at radius 1 is 1.40 bits per heavy atom. The van der Waals surface area contributed by atoms with Crippen LogP contribution in [0.1, 0.15) is 25.7 Å². The van der Waals surface area contributed by atoms with Gasteiger partial charge in [0.15, 0.2) is 17.5 Å². The van der Waals surface area contributed by atoms with Gasteiger partial charge in [-0.3, -0.25) is 0 Å². The molecular weight excluding hydrogens is 433 g/mol. The van der Waals surface area contributed by atoms with Crippen LogP contribution >= 0.6 is 11.6 Å². The number of aromatic nitrogens is 4. The van der Waals surface area contributed by atoms with E-state index in [1.54, 1.807) is 12.3 Å². The van der Waals surface area contributed by atoms with Gasteiger partial charge in [-0.05, 0) is 31.7 Å². The normalized spacial score (nSPS) is 22.3. The number of rotatable bonds is 5. The van der Waals surface area contributed by atoms with E-state index in [1.165, 1.54) is 6.20 Å². The zero-order valence-electron chi connectivity index (χ0n) is 16.2. The highest BCUT2D eigenvalue weighted by Gasteiger charge is 2.37. The number of fused-ring (bicyclic) bond motifs is 1. The molecule has 0 amide bonds. The van der Waals surface area contributed by atoms with Gasteiger partial charge in [0.05, 0.1) is 22.6 Å². The van der Waals surface area contributed by atoms with Crippen molar-refractivity contribution in [1.29, 1.82) is 0 Å². The smallest absolute Gasteiger partial charge is 0.183 e. The first kappa shape index (κ1) is 21.0. The Hall–Kier alpha value is -2.30. The number of nitrogens with zero attached hydrogens (tertiary/aromatic N) is 3. The summed E-state index contributed by atoms with van der Waals surface area (Å²) in [5, 5.41) is 14.9. The van der Waals surface area contributed by atoms with Gasteiger partial charge >= 0.3 is 0 Å². The molecule has 3 aromatic heterocycles. The third-order valence-corrected chi connectivity index (χ3v) is 6.44. The SMILES string of the molecule is CS(=O)(=O)CC1(O)CCC[C@@H](Nc2nc(-c3c[nH]c4ncc(Cl)cc34)ncc2F)C1. The Bertz CT molecular complexity index is 1200. The van der Waals surface area contributed by atoms with Crippen LogP contribution in [0, 0.1) is 5.82 Å². The first-order chi connectivity index (χ1) is 14.1. The molecule has 2 atom stereocenters. The Morgan fingerprint density at radius 2 is 2.20 bits per heavy atom. The highest BCUT2D eigenvalue weighted by molar-refractivity contribution is 7.90. The van der Waals surface area contributed by atoms with Crippen LogP contribution in [-0.2, 0) is 9.84 Å². The number of sulfone groups is 1. The van der Waals surface area contributed by atoms with Gasteiger partial charge in [0, 0.05) is 35.6 Å². The van der Waals surface area contributed by atoms with E-state index < -0.39 is 21.3 Å². The first-order valence-electron chi connectivity index (χ1n) is 9.44. The molecule has 0 aromatic carbocycles. The molecule has 0 saturated heterocycles. The van der Waals surface area contributed by atoms with Crippen molar-refractivity contribution in [2.45, 2.75) is 37.3 Å². The van der Waals surface area contributed by atoms with Crippen LogP contribution < -0.4 is 5.32 Å². The van der Waals surface area contributed by atoms with E-state index in [2.05, 4.69) is 25.3 Å². The van der Waals surface area contributed by atoms with E-state index in [-0.39, 0.29) is 29.9 Å². The number of pyridine rings is 1. The lowest BCUT2D eigenvalue weighted by molar-refractivity contribution is 0.0214. The van der Waals surface area contributed by atoms with Gasteiger partial charge < -0.3 is 15.4 Å². The monoisotopic (exact) mass is 453 g/mol. The van der Waals surface area contributed by atoms with Crippen molar-refractivity contribution < 1.29 is 17.9 Å². The summed E-state index contributed by atoms with van der Waals surface area (Å²) in [6.45, 7) is 0. The van der Waals surface area contributed by atoms with Crippen LogP contribution in [0.3, 0.4) is 0 Å². The third-order valence-electron chi connectivity index (χ3n) is 5.18. The van der Waals surface area contributed by atoms with Crippen LogP contribution in [-0.4, -0.2) is 57.1 Å². The highest BCUT2D eigenvalue weighted by atomic mass is 35.5. The van der Waals surface area contributed by atoms with E-state index >= 15 is 0 Å². The Balaban J connectivity index is 1.60. The third kappa shape index (κ3) is 4.55. The van der Waals surface area contributed by atoms with Crippen molar-refractivity contribution in [3.8, 4) is 11.4 Å². The fraction of sp³-hybridized carbons (Fsp3) is 0.421. The molecule has 3 heterocycles. The minimum atomic E-state index is -3.34. The molecule has 0 bridgehead atoms. The fourth-order valence-electron chi connectivity index (χ4n) is 4.04. The highest BCUT2D eigenvalue weighted by Crippen LogP contribution is 2.32. The Labute approximate surface area is 177 Å². The number of halogens is 2. The zero-order chi connectivity index (χ0) is 21.5. The van der Waals surface area contributed by atoms with Crippen LogP contribution in [0.2, 0.25) is 5.02 Å². The summed E-state index contributed by atoms with van der Waals surface area (Å²) in [4.78, 5) is 15.6. The largest absolute Gasteiger partial charge is 0.389 e. The maximum Gasteiger partial charge on any atom is 0.183 e.